The Labute approximate surface area is 380 Å². The summed E-state index contributed by atoms with van der Waals surface area (Å²) in [7, 11) is 0. The first-order valence-corrected chi connectivity index (χ1v) is 27.2. The zero-order valence-corrected chi connectivity index (χ0v) is 42.0. The van der Waals surface area contributed by atoms with Crippen LogP contribution >= 0.6 is 0 Å². The quantitative estimate of drug-likeness (QED) is 0.0344. The third-order valence-corrected chi connectivity index (χ3v) is 13.1. The minimum atomic E-state index is -0.763. The van der Waals surface area contributed by atoms with Gasteiger partial charge < -0.3 is 14.2 Å². The van der Waals surface area contributed by atoms with E-state index in [9.17, 15) is 14.4 Å². The Morgan fingerprint density at radius 2 is 0.574 bits per heavy atom. The first-order valence-electron chi connectivity index (χ1n) is 27.2. The van der Waals surface area contributed by atoms with Gasteiger partial charge in [0, 0.05) is 19.3 Å². The molecule has 0 aliphatic heterocycles. The van der Waals surface area contributed by atoms with Gasteiger partial charge in [-0.1, -0.05) is 260 Å². The van der Waals surface area contributed by atoms with Gasteiger partial charge in [0.05, 0.1) is 0 Å². The summed E-state index contributed by atoms with van der Waals surface area (Å²) in [6.07, 6.45) is 46.5. The van der Waals surface area contributed by atoms with Gasteiger partial charge in [-0.2, -0.15) is 0 Å². The Balaban J connectivity index is 4.32. The molecule has 0 aromatic carbocycles. The van der Waals surface area contributed by atoms with Gasteiger partial charge >= 0.3 is 17.9 Å². The Morgan fingerprint density at radius 1 is 0.328 bits per heavy atom. The lowest BCUT2D eigenvalue weighted by Crippen LogP contribution is -2.30. The maximum atomic E-state index is 12.8. The van der Waals surface area contributed by atoms with Crippen LogP contribution in [0.3, 0.4) is 0 Å². The Kier molecular flexibility index (Phi) is 45.2. The van der Waals surface area contributed by atoms with Crippen molar-refractivity contribution in [1.29, 1.82) is 0 Å². The molecule has 0 heterocycles. The molecule has 0 aromatic rings. The molecule has 0 bridgehead atoms. The fourth-order valence-corrected chi connectivity index (χ4v) is 8.23. The molecule has 2 unspecified atom stereocenters. The van der Waals surface area contributed by atoms with E-state index >= 15 is 0 Å². The average molecular weight is 863 g/mol. The molecule has 0 N–H and O–H groups in total. The molecule has 0 aliphatic rings. The predicted octanol–water partition coefficient (Wildman–Crippen LogP) is 17.6. The number of hydrogen-bond donors (Lipinski definition) is 0. The zero-order valence-electron chi connectivity index (χ0n) is 42.0. The third kappa shape index (κ3) is 46.2. The Bertz CT molecular complexity index is 949. The van der Waals surface area contributed by atoms with Crippen LogP contribution in [0.1, 0.15) is 298 Å². The summed E-state index contributed by atoms with van der Waals surface area (Å²) in [5, 5.41) is 0. The lowest BCUT2D eigenvalue weighted by molar-refractivity contribution is -0.167. The van der Waals surface area contributed by atoms with Crippen molar-refractivity contribution < 1.29 is 28.6 Å². The molecular formula is C55H106O6. The molecule has 0 rings (SSSR count). The van der Waals surface area contributed by atoms with E-state index in [0.717, 1.165) is 75.5 Å². The van der Waals surface area contributed by atoms with Gasteiger partial charge in [0.25, 0.3) is 0 Å². The maximum absolute atomic E-state index is 12.8. The monoisotopic (exact) mass is 863 g/mol. The molecule has 0 radical (unpaired) electrons. The summed E-state index contributed by atoms with van der Waals surface area (Å²) in [6, 6.07) is 0. The first-order chi connectivity index (χ1) is 29.7. The largest absolute Gasteiger partial charge is 0.462 e. The van der Waals surface area contributed by atoms with Crippen molar-refractivity contribution in [3.05, 3.63) is 0 Å². The van der Waals surface area contributed by atoms with Crippen LogP contribution in [0.2, 0.25) is 0 Å². The van der Waals surface area contributed by atoms with E-state index < -0.39 is 6.10 Å². The number of rotatable bonds is 48. The lowest BCUT2D eigenvalue weighted by atomic mass is 9.99. The van der Waals surface area contributed by atoms with Crippen LogP contribution in [0, 0.1) is 17.8 Å². The van der Waals surface area contributed by atoms with Crippen molar-refractivity contribution in [1.82, 2.24) is 0 Å². The van der Waals surface area contributed by atoms with Gasteiger partial charge in [0.15, 0.2) is 6.10 Å². The molecule has 362 valence electrons. The lowest BCUT2D eigenvalue weighted by Gasteiger charge is -2.18. The number of carbonyl (C=O) groups excluding carboxylic acids is 3. The van der Waals surface area contributed by atoms with E-state index in [0.29, 0.717) is 19.3 Å². The van der Waals surface area contributed by atoms with Gasteiger partial charge in [-0.05, 0) is 37.0 Å². The summed E-state index contributed by atoms with van der Waals surface area (Å²) in [5.41, 5.74) is 0. The smallest absolute Gasteiger partial charge is 0.306 e. The topological polar surface area (TPSA) is 78.9 Å². The summed E-state index contributed by atoms with van der Waals surface area (Å²) >= 11 is 0. The van der Waals surface area contributed by atoms with Gasteiger partial charge in [0.2, 0.25) is 0 Å². The predicted molar refractivity (Wildman–Crippen MR) is 261 cm³/mol. The standard InChI is InChI=1S/C55H106O6/c1-7-50(5)42-36-30-24-18-15-16-19-26-32-38-44-53(56)59-47-52(48-60-54(57)45-39-33-27-22-21-25-31-37-43-51(6)8-2)61-55(58)46-40-34-28-20-14-12-10-9-11-13-17-23-29-35-41-49(3)4/h49-52H,7-48H2,1-6H3/t50?,51?,52-/m0/s1. The molecule has 6 nitrogen and oxygen atoms in total. The summed E-state index contributed by atoms with van der Waals surface area (Å²) in [6.45, 7) is 13.8. The van der Waals surface area contributed by atoms with Crippen LogP contribution in [0.4, 0.5) is 0 Å². The molecule has 0 amide bonds. The van der Waals surface area contributed by atoms with Crippen LogP contribution < -0.4 is 0 Å². The maximum Gasteiger partial charge on any atom is 0.306 e. The highest BCUT2D eigenvalue weighted by atomic mass is 16.6. The molecule has 0 saturated heterocycles. The van der Waals surface area contributed by atoms with Gasteiger partial charge in [-0.25, -0.2) is 0 Å². The Morgan fingerprint density at radius 3 is 0.852 bits per heavy atom. The van der Waals surface area contributed by atoms with Crippen molar-refractivity contribution in [3.8, 4) is 0 Å². The number of ether oxygens (including phenoxy) is 3. The highest BCUT2D eigenvalue weighted by Crippen LogP contribution is 2.19. The Hall–Kier alpha value is -1.59. The van der Waals surface area contributed by atoms with Gasteiger partial charge in [0.1, 0.15) is 13.2 Å². The van der Waals surface area contributed by atoms with Crippen LogP contribution in [0.25, 0.3) is 0 Å². The van der Waals surface area contributed by atoms with Crippen molar-refractivity contribution >= 4 is 17.9 Å². The fraction of sp³-hybridized carbons (Fsp3) is 0.945. The molecule has 0 aromatic heterocycles. The van der Waals surface area contributed by atoms with E-state index in [1.807, 2.05) is 0 Å². The number of unbranched alkanes of at least 4 members (excludes halogenated alkanes) is 29. The highest BCUT2D eigenvalue weighted by Gasteiger charge is 2.19. The molecule has 61 heavy (non-hydrogen) atoms. The van der Waals surface area contributed by atoms with Gasteiger partial charge in [-0.3, -0.25) is 14.4 Å². The second kappa shape index (κ2) is 46.4. The minimum absolute atomic E-state index is 0.0646. The SMILES string of the molecule is CCC(C)CCCCCCCCCCCCC(=O)OC[C@@H](COC(=O)CCCCCCCCCCC(C)CC)OC(=O)CCCCCCCCCCCCCCCCC(C)C. The summed E-state index contributed by atoms with van der Waals surface area (Å²) in [5.74, 6) is 1.71. The number of carbonyl (C=O) groups is 3. The average Bonchev–Trinajstić information content (AvgIpc) is 3.24. The molecular weight excluding hydrogens is 757 g/mol. The minimum Gasteiger partial charge on any atom is -0.462 e. The van der Waals surface area contributed by atoms with E-state index in [4.69, 9.17) is 14.2 Å². The number of esters is 3. The van der Waals surface area contributed by atoms with E-state index in [1.165, 1.54) is 180 Å². The number of hydrogen-bond acceptors (Lipinski definition) is 6. The summed E-state index contributed by atoms with van der Waals surface area (Å²) < 4.78 is 16.8. The highest BCUT2D eigenvalue weighted by molar-refractivity contribution is 5.71. The first kappa shape index (κ1) is 59.4. The van der Waals surface area contributed by atoms with E-state index in [1.54, 1.807) is 0 Å². The van der Waals surface area contributed by atoms with Crippen LogP contribution in [0.5, 0.6) is 0 Å². The van der Waals surface area contributed by atoms with Crippen LogP contribution in [0.15, 0.2) is 0 Å². The molecule has 0 saturated carbocycles. The van der Waals surface area contributed by atoms with Gasteiger partial charge in [-0.15, -0.1) is 0 Å². The molecule has 6 heteroatoms. The van der Waals surface area contributed by atoms with Crippen molar-refractivity contribution in [2.24, 2.45) is 17.8 Å². The second-order valence-corrected chi connectivity index (χ2v) is 19.8. The molecule has 0 aliphatic carbocycles. The van der Waals surface area contributed by atoms with Crippen molar-refractivity contribution in [2.75, 3.05) is 13.2 Å². The van der Waals surface area contributed by atoms with E-state index in [-0.39, 0.29) is 31.1 Å². The normalized spacial score (nSPS) is 13.0. The zero-order chi connectivity index (χ0) is 44.9. The van der Waals surface area contributed by atoms with Crippen molar-refractivity contribution in [2.45, 2.75) is 304 Å². The van der Waals surface area contributed by atoms with Crippen molar-refractivity contribution in [3.63, 3.8) is 0 Å². The van der Waals surface area contributed by atoms with Crippen LogP contribution in [-0.2, 0) is 28.6 Å². The summed E-state index contributed by atoms with van der Waals surface area (Å²) in [4.78, 5) is 38.0. The van der Waals surface area contributed by atoms with Crippen LogP contribution in [-0.4, -0.2) is 37.2 Å². The van der Waals surface area contributed by atoms with E-state index in [2.05, 4.69) is 41.5 Å². The molecule has 0 spiro atoms. The molecule has 3 atom stereocenters. The third-order valence-electron chi connectivity index (χ3n) is 13.1. The molecule has 0 fully saturated rings. The fourth-order valence-electron chi connectivity index (χ4n) is 8.23. The second-order valence-electron chi connectivity index (χ2n) is 19.8.